The van der Waals surface area contributed by atoms with Crippen molar-refractivity contribution in [2.75, 3.05) is 0 Å². The second-order valence-corrected chi connectivity index (χ2v) is 7.17. The third-order valence-corrected chi connectivity index (χ3v) is 5.39. The quantitative estimate of drug-likeness (QED) is 0.898. The second kappa shape index (κ2) is 8.23. The van der Waals surface area contributed by atoms with Crippen molar-refractivity contribution in [1.29, 1.82) is 0 Å². The van der Waals surface area contributed by atoms with Gasteiger partial charge in [-0.25, -0.2) is 4.79 Å². The highest BCUT2D eigenvalue weighted by Gasteiger charge is 2.34. The van der Waals surface area contributed by atoms with Crippen molar-refractivity contribution in [3.63, 3.8) is 0 Å². The molecular weight excluding hydrogens is 334 g/mol. The third-order valence-electron chi connectivity index (χ3n) is 4.14. The molecule has 130 valence electrons. The van der Waals surface area contributed by atoms with Crippen molar-refractivity contribution in [2.45, 2.75) is 35.8 Å². The monoisotopic (exact) mass is 355 g/mol. The van der Waals surface area contributed by atoms with Gasteiger partial charge >= 0.3 is 6.09 Å². The number of benzene rings is 2. The van der Waals surface area contributed by atoms with Gasteiger partial charge in [-0.2, -0.15) is 0 Å². The molecule has 1 aliphatic rings. The van der Waals surface area contributed by atoms with Crippen LogP contribution in [0.3, 0.4) is 0 Å². The average Bonchev–Trinajstić information content (AvgIpc) is 2.65. The van der Waals surface area contributed by atoms with E-state index in [1.54, 1.807) is 18.0 Å². The Balaban J connectivity index is 1.61. The molecule has 0 saturated heterocycles. The van der Waals surface area contributed by atoms with E-state index in [-0.39, 0.29) is 17.9 Å². The summed E-state index contributed by atoms with van der Waals surface area (Å²) in [6, 6.07) is 19.1. The highest BCUT2D eigenvalue weighted by atomic mass is 32.2. The van der Waals surface area contributed by atoms with Crippen LogP contribution in [0.1, 0.15) is 12.5 Å². The Bertz CT molecular complexity index is 720. The maximum atomic E-state index is 12.3. The lowest BCUT2D eigenvalue weighted by Gasteiger charge is -2.36. The third kappa shape index (κ3) is 4.44. The van der Waals surface area contributed by atoms with Crippen LogP contribution in [-0.2, 0) is 11.3 Å². The summed E-state index contributed by atoms with van der Waals surface area (Å²) in [5.41, 5.74) is 0.933. The van der Waals surface area contributed by atoms with Crippen molar-refractivity contribution < 1.29 is 14.6 Å². The van der Waals surface area contributed by atoms with Crippen molar-refractivity contribution in [3.05, 3.63) is 78.5 Å². The molecule has 2 aromatic carbocycles. The van der Waals surface area contributed by atoms with Gasteiger partial charge in [-0.1, -0.05) is 54.6 Å². The van der Waals surface area contributed by atoms with Crippen molar-refractivity contribution in [2.24, 2.45) is 0 Å². The minimum atomic E-state index is -0.667. The van der Waals surface area contributed by atoms with Crippen molar-refractivity contribution in [3.8, 4) is 0 Å². The Morgan fingerprint density at radius 2 is 1.76 bits per heavy atom. The molecule has 1 amide bonds. The second-order valence-electron chi connectivity index (χ2n) is 5.92. The highest BCUT2D eigenvalue weighted by molar-refractivity contribution is 8.00. The van der Waals surface area contributed by atoms with E-state index in [0.29, 0.717) is 0 Å². The summed E-state index contributed by atoms with van der Waals surface area (Å²) in [7, 11) is 0. The molecule has 0 saturated carbocycles. The summed E-state index contributed by atoms with van der Waals surface area (Å²) >= 11 is 1.58. The maximum absolute atomic E-state index is 12.3. The summed E-state index contributed by atoms with van der Waals surface area (Å²) in [5, 5.41) is 10.5. The van der Waals surface area contributed by atoms with E-state index < -0.39 is 12.2 Å². The predicted molar refractivity (Wildman–Crippen MR) is 99.2 cm³/mol. The first kappa shape index (κ1) is 17.6. The fraction of sp³-hybridized carbons (Fsp3) is 0.250. The van der Waals surface area contributed by atoms with Gasteiger partial charge in [-0.3, -0.25) is 4.90 Å². The zero-order chi connectivity index (χ0) is 17.6. The first-order valence-corrected chi connectivity index (χ1v) is 9.10. The number of nitrogens with zero attached hydrogens (tertiary/aromatic N) is 1. The zero-order valence-electron chi connectivity index (χ0n) is 14.0. The molecule has 0 aliphatic carbocycles. The van der Waals surface area contributed by atoms with Crippen LogP contribution in [0.4, 0.5) is 4.79 Å². The smallest absolute Gasteiger partial charge is 0.414 e. The van der Waals surface area contributed by atoms with E-state index in [4.69, 9.17) is 4.74 Å². The van der Waals surface area contributed by atoms with Crippen LogP contribution < -0.4 is 0 Å². The number of ether oxygens (including phenoxy) is 1. The van der Waals surface area contributed by atoms with Crippen molar-refractivity contribution in [1.82, 2.24) is 4.90 Å². The lowest BCUT2D eigenvalue weighted by Crippen LogP contribution is -2.49. The standard InChI is InChI=1S/C20H21NO3S/c1-15-19(22)18(25-17-10-6-3-7-11-17)12-13-21(15)20(23)24-14-16-8-4-2-5-9-16/h2-13,15,18-19,22H,14H2,1H3/t15-,18-,19+/m1/s1. The molecule has 0 fully saturated rings. The fourth-order valence-corrected chi connectivity index (χ4v) is 3.80. The lowest BCUT2D eigenvalue weighted by molar-refractivity contribution is 0.0536. The first-order valence-electron chi connectivity index (χ1n) is 8.22. The van der Waals surface area contributed by atoms with Crippen molar-refractivity contribution >= 4 is 17.9 Å². The number of thioether (sulfide) groups is 1. The fourth-order valence-electron chi connectivity index (χ4n) is 2.65. The largest absolute Gasteiger partial charge is 0.444 e. The van der Waals surface area contributed by atoms with Crippen LogP contribution in [0.2, 0.25) is 0 Å². The lowest BCUT2D eigenvalue weighted by atomic mass is 10.1. The number of carbonyl (C=O) groups is 1. The normalized spacial score (nSPS) is 22.6. The van der Waals surface area contributed by atoms with Crippen LogP contribution in [0.15, 0.2) is 77.8 Å². The predicted octanol–water partition coefficient (Wildman–Crippen LogP) is 4.06. The zero-order valence-corrected chi connectivity index (χ0v) is 14.8. The van der Waals surface area contributed by atoms with Gasteiger partial charge in [0.05, 0.1) is 17.4 Å². The molecule has 0 aromatic heterocycles. The van der Waals surface area contributed by atoms with E-state index in [0.717, 1.165) is 10.5 Å². The molecule has 0 unspecified atom stereocenters. The molecule has 0 bridgehead atoms. The van der Waals surface area contributed by atoms with E-state index in [2.05, 4.69) is 0 Å². The van der Waals surface area contributed by atoms with Crippen LogP contribution in [0, 0.1) is 0 Å². The molecule has 1 N–H and O–H groups in total. The Morgan fingerprint density at radius 3 is 2.44 bits per heavy atom. The van der Waals surface area contributed by atoms with Gasteiger partial charge in [0, 0.05) is 11.1 Å². The summed E-state index contributed by atoms with van der Waals surface area (Å²) in [4.78, 5) is 14.9. The molecular formula is C20H21NO3S. The maximum Gasteiger partial charge on any atom is 0.414 e. The van der Waals surface area contributed by atoms with Crippen LogP contribution in [-0.4, -0.2) is 33.5 Å². The summed E-state index contributed by atoms with van der Waals surface area (Å²) in [5.74, 6) is 0. The van der Waals surface area contributed by atoms with E-state index in [1.807, 2.05) is 73.7 Å². The molecule has 3 atom stereocenters. The molecule has 1 aliphatic heterocycles. The number of hydrogen-bond acceptors (Lipinski definition) is 4. The molecule has 3 rings (SSSR count). The van der Waals surface area contributed by atoms with Gasteiger partial charge in [-0.05, 0) is 24.6 Å². The summed E-state index contributed by atoms with van der Waals surface area (Å²) in [6.45, 7) is 2.05. The number of hydrogen-bond donors (Lipinski definition) is 1. The molecule has 0 spiro atoms. The molecule has 4 nitrogen and oxygen atoms in total. The number of carbonyl (C=O) groups excluding carboxylic acids is 1. The summed E-state index contributed by atoms with van der Waals surface area (Å²) < 4.78 is 5.36. The number of amides is 1. The molecule has 5 heteroatoms. The van der Waals surface area contributed by atoms with E-state index in [1.165, 1.54) is 4.90 Å². The molecule has 2 aromatic rings. The summed E-state index contributed by atoms with van der Waals surface area (Å²) in [6.07, 6.45) is 2.45. The number of aliphatic hydroxyl groups excluding tert-OH is 1. The number of aliphatic hydroxyl groups is 1. The Morgan fingerprint density at radius 1 is 1.12 bits per heavy atom. The van der Waals surface area contributed by atoms with Crippen LogP contribution >= 0.6 is 11.8 Å². The van der Waals surface area contributed by atoms with Gasteiger partial charge in [0.2, 0.25) is 0 Å². The van der Waals surface area contributed by atoms with Gasteiger partial charge in [0.1, 0.15) is 6.61 Å². The SMILES string of the molecule is C[C@@H]1[C@H](O)[C@H](Sc2ccccc2)C=CN1C(=O)OCc1ccccc1. The molecule has 0 radical (unpaired) electrons. The number of rotatable bonds is 4. The Kier molecular flexibility index (Phi) is 5.79. The Hall–Kier alpha value is -2.24. The van der Waals surface area contributed by atoms with Gasteiger partial charge in [0.15, 0.2) is 0 Å². The van der Waals surface area contributed by atoms with Gasteiger partial charge < -0.3 is 9.84 Å². The highest BCUT2D eigenvalue weighted by Crippen LogP contribution is 2.31. The van der Waals surface area contributed by atoms with Crippen LogP contribution in [0.25, 0.3) is 0 Å². The van der Waals surface area contributed by atoms with Gasteiger partial charge in [-0.15, -0.1) is 11.8 Å². The minimum Gasteiger partial charge on any atom is -0.444 e. The minimum absolute atomic E-state index is 0.101. The molecule has 1 heterocycles. The first-order chi connectivity index (χ1) is 12.1. The van der Waals surface area contributed by atoms with Gasteiger partial charge in [0.25, 0.3) is 0 Å². The van der Waals surface area contributed by atoms with E-state index >= 15 is 0 Å². The Labute approximate surface area is 152 Å². The molecule has 25 heavy (non-hydrogen) atoms. The topological polar surface area (TPSA) is 49.8 Å². The van der Waals surface area contributed by atoms with E-state index in [9.17, 15) is 9.90 Å². The van der Waals surface area contributed by atoms with Crippen LogP contribution in [0.5, 0.6) is 0 Å². The average molecular weight is 355 g/mol.